The SMILES string of the molecule is [CH2][C@H]1O[C@@](C#N)(c2ccc3c(NC(=O)OCCCCCC)ncnn23)[C@H](O)[C@@H]1OC(=O)CC. The van der Waals surface area contributed by atoms with E-state index in [9.17, 15) is 20.0 Å². The van der Waals surface area contributed by atoms with Crippen molar-refractivity contribution in [1.82, 2.24) is 14.6 Å². The molecule has 0 unspecified atom stereocenters. The number of carbonyl (C=O) groups excluding carboxylic acids is 2. The quantitative estimate of drug-likeness (QED) is 0.427. The van der Waals surface area contributed by atoms with Gasteiger partial charge in [0, 0.05) is 6.42 Å². The van der Waals surface area contributed by atoms with Crippen molar-refractivity contribution < 1.29 is 28.9 Å². The number of nitrogens with zero attached hydrogens (tertiary/aromatic N) is 4. The van der Waals surface area contributed by atoms with Crippen molar-refractivity contribution in [3.63, 3.8) is 0 Å². The van der Waals surface area contributed by atoms with Gasteiger partial charge in [0.1, 0.15) is 30.1 Å². The minimum Gasteiger partial charge on any atom is -0.457 e. The molecule has 0 saturated carbocycles. The maximum atomic E-state index is 12.2. The van der Waals surface area contributed by atoms with Crippen LogP contribution in [0.25, 0.3) is 5.52 Å². The number of aromatic nitrogens is 3. The van der Waals surface area contributed by atoms with Gasteiger partial charge in [-0.1, -0.05) is 33.1 Å². The molecule has 11 heteroatoms. The summed E-state index contributed by atoms with van der Waals surface area (Å²) < 4.78 is 17.5. The number of rotatable bonds is 9. The van der Waals surface area contributed by atoms with Crippen LogP contribution < -0.4 is 5.32 Å². The summed E-state index contributed by atoms with van der Waals surface area (Å²) in [5.74, 6) is -0.386. The second-order valence-corrected chi connectivity index (χ2v) is 7.70. The van der Waals surface area contributed by atoms with E-state index >= 15 is 0 Å². The molecule has 3 heterocycles. The number of nitriles is 1. The number of hydrogen-bond acceptors (Lipinski definition) is 9. The van der Waals surface area contributed by atoms with Gasteiger partial charge in [0.05, 0.1) is 12.3 Å². The number of aliphatic hydroxyl groups is 1. The summed E-state index contributed by atoms with van der Waals surface area (Å²) in [5, 5.41) is 27.6. The van der Waals surface area contributed by atoms with E-state index in [2.05, 4.69) is 29.2 Å². The zero-order valence-corrected chi connectivity index (χ0v) is 18.7. The molecule has 0 aliphatic carbocycles. The molecule has 1 fully saturated rings. The van der Waals surface area contributed by atoms with Gasteiger partial charge in [-0.05, 0) is 25.5 Å². The zero-order chi connectivity index (χ0) is 24.0. The van der Waals surface area contributed by atoms with Gasteiger partial charge in [-0.3, -0.25) is 10.1 Å². The molecule has 0 aromatic carbocycles. The number of fused-ring (bicyclic) bond motifs is 1. The highest BCUT2D eigenvalue weighted by Gasteiger charge is 2.58. The Kier molecular flexibility index (Phi) is 7.84. The lowest BCUT2D eigenvalue weighted by Gasteiger charge is -2.24. The lowest BCUT2D eigenvalue weighted by atomic mass is 9.92. The van der Waals surface area contributed by atoms with Crippen molar-refractivity contribution in [3.05, 3.63) is 31.1 Å². The molecule has 1 radical (unpaired) electrons. The van der Waals surface area contributed by atoms with Crippen molar-refractivity contribution in [3.8, 4) is 6.07 Å². The van der Waals surface area contributed by atoms with Crippen LogP contribution in [-0.2, 0) is 24.6 Å². The third-order valence-electron chi connectivity index (χ3n) is 5.44. The Bertz CT molecular complexity index is 1030. The Labute approximate surface area is 191 Å². The second kappa shape index (κ2) is 10.6. The van der Waals surface area contributed by atoms with Crippen LogP contribution in [0, 0.1) is 18.3 Å². The van der Waals surface area contributed by atoms with Crippen LogP contribution in [0.4, 0.5) is 10.6 Å². The molecule has 33 heavy (non-hydrogen) atoms. The molecule has 11 nitrogen and oxygen atoms in total. The number of anilines is 1. The van der Waals surface area contributed by atoms with Gasteiger partial charge in [-0.2, -0.15) is 10.4 Å². The van der Waals surface area contributed by atoms with Gasteiger partial charge < -0.3 is 19.3 Å². The maximum absolute atomic E-state index is 12.2. The Balaban J connectivity index is 1.83. The zero-order valence-electron chi connectivity index (χ0n) is 18.7. The molecular formula is C22H28N5O6. The van der Waals surface area contributed by atoms with Gasteiger partial charge in [-0.25, -0.2) is 14.3 Å². The molecule has 4 atom stereocenters. The van der Waals surface area contributed by atoms with Crippen LogP contribution >= 0.6 is 0 Å². The van der Waals surface area contributed by atoms with E-state index in [1.54, 1.807) is 13.0 Å². The van der Waals surface area contributed by atoms with E-state index in [1.807, 2.05) is 6.07 Å². The fraction of sp³-hybridized carbons (Fsp3) is 0.545. The van der Waals surface area contributed by atoms with E-state index in [1.165, 1.54) is 16.9 Å². The third kappa shape index (κ3) is 4.91. The van der Waals surface area contributed by atoms with Gasteiger partial charge >= 0.3 is 12.1 Å². The molecule has 177 valence electrons. The number of nitrogens with one attached hydrogen (secondary N) is 1. The van der Waals surface area contributed by atoms with Crippen LogP contribution in [0.5, 0.6) is 0 Å². The van der Waals surface area contributed by atoms with E-state index in [0.717, 1.165) is 25.7 Å². The molecule has 2 N–H and O–H groups in total. The van der Waals surface area contributed by atoms with Gasteiger partial charge in [-0.15, -0.1) is 0 Å². The normalized spacial score (nSPS) is 24.4. The highest BCUT2D eigenvalue weighted by Crippen LogP contribution is 2.41. The molecule has 1 amide bonds. The number of amides is 1. The average Bonchev–Trinajstić information content (AvgIpc) is 3.34. The molecule has 3 rings (SSSR count). The van der Waals surface area contributed by atoms with Crippen LogP contribution in [0.3, 0.4) is 0 Å². The van der Waals surface area contributed by atoms with Crippen LogP contribution in [0.1, 0.15) is 51.6 Å². The lowest BCUT2D eigenvalue weighted by molar-refractivity contribution is -0.154. The largest absolute Gasteiger partial charge is 0.457 e. The smallest absolute Gasteiger partial charge is 0.412 e. The maximum Gasteiger partial charge on any atom is 0.412 e. The molecular weight excluding hydrogens is 430 g/mol. The van der Waals surface area contributed by atoms with Gasteiger partial charge in [0.25, 0.3) is 0 Å². The Morgan fingerprint density at radius 3 is 2.85 bits per heavy atom. The first-order chi connectivity index (χ1) is 15.9. The summed E-state index contributed by atoms with van der Waals surface area (Å²) in [4.78, 5) is 28.0. The summed E-state index contributed by atoms with van der Waals surface area (Å²) in [6.45, 7) is 7.77. The second-order valence-electron chi connectivity index (χ2n) is 7.70. The molecule has 2 aromatic heterocycles. The van der Waals surface area contributed by atoms with Crippen molar-refractivity contribution in [2.24, 2.45) is 0 Å². The predicted octanol–water partition coefficient (Wildman–Crippen LogP) is 2.49. The molecule has 0 bridgehead atoms. The predicted molar refractivity (Wildman–Crippen MR) is 116 cm³/mol. The van der Waals surface area contributed by atoms with E-state index in [4.69, 9.17) is 14.2 Å². The lowest BCUT2D eigenvalue weighted by Crippen LogP contribution is -2.42. The Hall–Kier alpha value is -3.23. The summed E-state index contributed by atoms with van der Waals surface area (Å²) >= 11 is 0. The first-order valence-corrected chi connectivity index (χ1v) is 10.9. The van der Waals surface area contributed by atoms with E-state index in [0.29, 0.717) is 12.1 Å². The minimum absolute atomic E-state index is 0.0977. The van der Waals surface area contributed by atoms with E-state index < -0.39 is 36.0 Å². The molecule has 1 saturated heterocycles. The summed E-state index contributed by atoms with van der Waals surface area (Å²) in [6.07, 6.45) is 0.899. The molecule has 1 aliphatic heterocycles. The van der Waals surface area contributed by atoms with E-state index in [-0.39, 0.29) is 17.9 Å². The number of unbranched alkanes of at least 4 members (excludes halogenated alkanes) is 3. The third-order valence-corrected chi connectivity index (χ3v) is 5.44. The Morgan fingerprint density at radius 2 is 2.15 bits per heavy atom. The first kappa shape index (κ1) is 24.4. The molecule has 1 aliphatic rings. The highest BCUT2D eigenvalue weighted by atomic mass is 16.6. The molecule has 2 aromatic rings. The molecule has 0 spiro atoms. The average molecular weight is 458 g/mol. The summed E-state index contributed by atoms with van der Waals surface area (Å²) in [6, 6.07) is 5.08. The number of esters is 1. The topological polar surface area (TPSA) is 148 Å². The van der Waals surface area contributed by atoms with Crippen molar-refractivity contribution >= 4 is 23.4 Å². The summed E-state index contributed by atoms with van der Waals surface area (Å²) in [5.41, 5.74) is -1.37. The summed E-state index contributed by atoms with van der Waals surface area (Å²) in [7, 11) is 0. The number of hydrogen-bond donors (Lipinski definition) is 2. The van der Waals surface area contributed by atoms with Crippen LogP contribution in [0.2, 0.25) is 0 Å². The van der Waals surface area contributed by atoms with Crippen molar-refractivity contribution in [2.45, 2.75) is 69.9 Å². The first-order valence-electron chi connectivity index (χ1n) is 10.9. The fourth-order valence-electron chi connectivity index (χ4n) is 3.69. The van der Waals surface area contributed by atoms with Crippen molar-refractivity contribution in [1.29, 1.82) is 5.26 Å². The Morgan fingerprint density at radius 1 is 1.36 bits per heavy atom. The van der Waals surface area contributed by atoms with Crippen LogP contribution in [-0.4, -0.2) is 56.7 Å². The fourth-order valence-corrected chi connectivity index (χ4v) is 3.69. The number of carbonyl (C=O) groups is 2. The highest BCUT2D eigenvalue weighted by molar-refractivity contribution is 5.88. The number of ether oxygens (including phenoxy) is 3. The van der Waals surface area contributed by atoms with Crippen LogP contribution in [0.15, 0.2) is 18.5 Å². The standard InChI is InChI=1S/C22H28N5O6/c1-4-6-7-8-11-31-21(30)26-20-15-9-10-16(27(15)25-13-24-20)22(12-23)19(29)18(14(3)33-22)32-17(28)5-2/h9-10,13-14,18-19,29H,3-8,11H2,1-2H3,(H,24,25,26,30)/t14-,18-,19-,22+/m1/s1. The van der Waals surface area contributed by atoms with Crippen molar-refractivity contribution in [2.75, 3.05) is 11.9 Å². The minimum atomic E-state index is -1.90. The van der Waals surface area contributed by atoms with Gasteiger partial charge in [0.15, 0.2) is 11.9 Å². The van der Waals surface area contributed by atoms with Gasteiger partial charge in [0.2, 0.25) is 5.60 Å². The number of aliphatic hydroxyl groups excluding tert-OH is 1. The monoisotopic (exact) mass is 458 g/mol.